The Morgan fingerprint density at radius 3 is 2.00 bits per heavy atom. The van der Waals surface area contributed by atoms with E-state index in [1.54, 1.807) is 0 Å². The van der Waals surface area contributed by atoms with Gasteiger partial charge in [0.2, 0.25) is 0 Å². The Labute approximate surface area is 100 Å². The molecule has 1 N–H and O–H groups in total. The molecule has 0 saturated heterocycles. The minimum Gasteiger partial charge on any atom is -0.505 e. The van der Waals surface area contributed by atoms with Crippen LogP contribution in [0.3, 0.4) is 0 Å². The molecule has 14 heavy (non-hydrogen) atoms. The van der Waals surface area contributed by atoms with E-state index < -0.39 is 10.6 Å². The van der Waals surface area contributed by atoms with E-state index in [0.717, 1.165) is 0 Å². The summed E-state index contributed by atoms with van der Waals surface area (Å²) in [6, 6.07) is 2.51. The number of phenols is 1. The molecule has 0 aliphatic heterocycles. The Hall–Kier alpha value is -0.150. The summed E-state index contributed by atoms with van der Waals surface area (Å²) < 4.78 is 0. The van der Waals surface area contributed by atoms with E-state index in [1.807, 2.05) is 0 Å². The van der Waals surface area contributed by atoms with Gasteiger partial charge in [0, 0.05) is 5.56 Å². The van der Waals surface area contributed by atoms with Gasteiger partial charge < -0.3 is 5.11 Å². The third kappa shape index (κ3) is 2.45. The molecule has 0 amide bonds. The molecule has 6 heteroatoms. The zero-order valence-electron chi connectivity index (χ0n) is 6.60. The highest BCUT2D eigenvalue weighted by Gasteiger charge is 2.17. The topological polar surface area (TPSA) is 37.3 Å². The summed E-state index contributed by atoms with van der Waals surface area (Å²) in [6.07, 6.45) is 0. The summed E-state index contributed by atoms with van der Waals surface area (Å²) in [6.45, 7) is 0. The Balaban J connectivity index is 3.19. The molecule has 1 aromatic rings. The fraction of sp³-hybridized carbons (Fsp3) is 0.125. The number of hydrogen-bond donors (Lipinski definition) is 1. The van der Waals surface area contributed by atoms with Crippen molar-refractivity contribution >= 4 is 52.2 Å². The molecule has 0 radical (unpaired) electrons. The average molecular weight is 274 g/mol. The van der Waals surface area contributed by atoms with Crippen LogP contribution in [0.1, 0.15) is 10.4 Å². The van der Waals surface area contributed by atoms with E-state index >= 15 is 0 Å². The maximum Gasteiger partial charge on any atom is 0.195 e. The largest absolute Gasteiger partial charge is 0.505 e. The number of aromatic hydroxyl groups is 1. The van der Waals surface area contributed by atoms with Gasteiger partial charge in [-0.2, -0.15) is 0 Å². The second-order valence-electron chi connectivity index (χ2n) is 2.45. The van der Waals surface area contributed by atoms with E-state index in [1.165, 1.54) is 12.1 Å². The third-order valence-electron chi connectivity index (χ3n) is 1.50. The highest BCUT2D eigenvalue weighted by Crippen LogP contribution is 2.33. The van der Waals surface area contributed by atoms with E-state index in [4.69, 9.17) is 46.4 Å². The minimum atomic E-state index is -1.17. The summed E-state index contributed by atoms with van der Waals surface area (Å²) in [4.78, 5) is 10.1. The van der Waals surface area contributed by atoms with Crippen molar-refractivity contribution < 1.29 is 9.90 Å². The second kappa shape index (κ2) is 4.58. The number of alkyl halides is 2. The van der Waals surface area contributed by atoms with Crippen LogP contribution in [-0.4, -0.2) is 15.7 Å². The lowest BCUT2D eigenvalue weighted by Gasteiger charge is -2.04. The smallest absolute Gasteiger partial charge is 0.195 e. The molecule has 0 aromatic heterocycles. The molecule has 1 rings (SSSR count). The second-order valence-corrected chi connectivity index (χ2v) is 4.36. The number of phenolic OH excluding ortho intramolecular Hbond substituents is 1. The maximum atomic E-state index is 11.3. The standard InChI is InChI=1S/C8H4Cl4O2/c9-4-1-3(6(13)8(11)12)2-5(10)7(4)14/h1-2,8,14H. The molecule has 0 aliphatic rings. The van der Waals surface area contributed by atoms with Gasteiger partial charge in [-0.25, -0.2) is 0 Å². The van der Waals surface area contributed by atoms with Crippen LogP contribution >= 0.6 is 46.4 Å². The summed E-state index contributed by atoms with van der Waals surface area (Å²) in [5.41, 5.74) is 0.160. The number of ketones is 1. The number of hydrogen-bond acceptors (Lipinski definition) is 2. The molecule has 0 saturated carbocycles. The zero-order valence-corrected chi connectivity index (χ0v) is 9.62. The van der Waals surface area contributed by atoms with Crippen molar-refractivity contribution in [3.63, 3.8) is 0 Å². The average Bonchev–Trinajstić information content (AvgIpc) is 2.12. The summed E-state index contributed by atoms with van der Waals surface area (Å²) in [5, 5.41) is 9.17. The number of halogens is 4. The normalized spacial score (nSPS) is 10.6. The molecule has 0 spiro atoms. The van der Waals surface area contributed by atoms with E-state index in [0.29, 0.717) is 0 Å². The van der Waals surface area contributed by atoms with Crippen molar-refractivity contribution in [2.75, 3.05) is 0 Å². The van der Waals surface area contributed by atoms with Crippen LogP contribution in [0.4, 0.5) is 0 Å². The van der Waals surface area contributed by atoms with Crippen LogP contribution in [0.15, 0.2) is 12.1 Å². The number of carbonyl (C=O) groups excluding carboxylic acids is 1. The predicted molar refractivity (Wildman–Crippen MR) is 58.0 cm³/mol. The first kappa shape index (κ1) is 11.9. The first-order chi connectivity index (χ1) is 6.43. The van der Waals surface area contributed by atoms with Gasteiger partial charge in [-0.15, -0.1) is 0 Å². The van der Waals surface area contributed by atoms with E-state index in [-0.39, 0.29) is 21.4 Å². The molecular formula is C8H4Cl4O2. The lowest BCUT2D eigenvalue weighted by molar-refractivity contribution is 0.101. The Morgan fingerprint density at radius 2 is 1.64 bits per heavy atom. The van der Waals surface area contributed by atoms with Crippen molar-refractivity contribution in [3.05, 3.63) is 27.7 Å². The monoisotopic (exact) mass is 272 g/mol. The zero-order chi connectivity index (χ0) is 10.9. The molecule has 76 valence electrons. The Bertz CT molecular complexity index is 353. The van der Waals surface area contributed by atoms with Crippen molar-refractivity contribution in [3.8, 4) is 5.75 Å². The Kier molecular flexibility index (Phi) is 3.90. The molecule has 0 fully saturated rings. The quantitative estimate of drug-likeness (QED) is 0.659. The van der Waals surface area contributed by atoms with Gasteiger partial charge in [0.1, 0.15) is 0 Å². The highest BCUT2D eigenvalue weighted by molar-refractivity contribution is 6.55. The molecule has 0 atom stereocenters. The van der Waals surface area contributed by atoms with E-state index in [9.17, 15) is 9.90 Å². The van der Waals surface area contributed by atoms with Crippen LogP contribution in [0, 0.1) is 0 Å². The SMILES string of the molecule is O=C(c1cc(Cl)c(O)c(Cl)c1)C(Cl)Cl. The number of Topliss-reactive ketones (excluding diaryl/α,β-unsaturated/α-hetero) is 1. The highest BCUT2D eigenvalue weighted by atomic mass is 35.5. The van der Waals surface area contributed by atoms with Crippen LogP contribution < -0.4 is 0 Å². The third-order valence-corrected chi connectivity index (χ3v) is 2.47. The van der Waals surface area contributed by atoms with Gasteiger partial charge in [-0.1, -0.05) is 46.4 Å². The van der Waals surface area contributed by atoms with Gasteiger partial charge in [-0.05, 0) is 12.1 Å². The fourth-order valence-electron chi connectivity index (χ4n) is 0.834. The van der Waals surface area contributed by atoms with Gasteiger partial charge in [0.05, 0.1) is 10.0 Å². The Morgan fingerprint density at radius 1 is 1.21 bits per heavy atom. The van der Waals surface area contributed by atoms with Crippen molar-refractivity contribution in [2.45, 2.75) is 4.84 Å². The predicted octanol–water partition coefficient (Wildman–Crippen LogP) is 3.69. The first-order valence-corrected chi connectivity index (χ1v) is 5.06. The maximum absolute atomic E-state index is 11.3. The number of benzene rings is 1. The van der Waals surface area contributed by atoms with E-state index in [2.05, 4.69) is 0 Å². The van der Waals surface area contributed by atoms with Crippen LogP contribution in [0.25, 0.3) is 0 Å². The first-order valence-electron chi connectivity index (χ1n) is 3.44. The minimum absolute atomic E-state index is 0.0187. The summed E-state index contributed by atoms with van der Waals surface area (Å²) in [7, 11) is 0. The van der Waals surface area contributed by atoms with Gasteiger partial charge in [0.15, 0.2) is 16.4 Å². The molecule has 0 bridgehead atoms. The van der Waals surface area contributed by atoms with Crippen LogP contribution in [0.2, 0.25) is 10.0 Å². The molecule has 0 aliphatic carbocycles. The molecule has 1 aromatic carbocycles. The number of carbonyl (C=O) groups is 1. The summed E-state index contributed by atoms with van der Waals surface area (Å²) in [5.74, 6) is -0.789. The van der Waals surface area contributed by atoms with Crippen molar-refractivity contribution in [2.24, 2.45) is 0 Å². The lowest BCUT2D eigenvalue weighted by atomic mass is 10.1. The van der Waals surface area contributed by atoms with Crippen molar-refractivity contribution in [1.82, 2.24) is 0 Å². The van der Waals surface area contributed by atoms with Crippen molar-refractivity contribution in [1.29, 1.82) is 0 Å². The summed E-state index contributed by atoms with van der Waals surface area (Å²) >= 11 is 21.9. The van der Waals surface area contributed by atoms with Gasteiger partial charge >= 0.3 is 0 Å². The van der Waals surface area contributed by atoms with Crippen LogP contribution in [0.5, 0.6) is 5.75 Å². The fourth-order valence-corrected chi connectivity index (χ4v) is 1.57. The molecule has 0 heterocycles. The number of rotatable bonds is 2. The van der Waals surface area contributed by atoms with Crippen LogP contribution in [-0.2, 0) is 0 Å². The molecular weight excluding hydrogens is 270 g/mol. The van der Waals surface area contributed by atoms with Gasteiger partial charge in [-0.3, -0.25) is 4.79 Å². The lowest BCUT2D eigenvalue weighted by Crippen LogP contribution is -2.07. The van der Waals surface area contributed by atoms with Gasteiger partial charge in [0.25, 0.3) is 0 Å². The molecule has 0 unspecified atom stereocenters. The molecule has 2 nitrogen and oxygen atoms in total.